The van der Waals surface area contributed by atoms with E-state index in [2.05, 4.69) is 6.92 Å². The summed E-state index contributed by atoms with van der Waals surface area (Å²) in [7, 11) is 1.66. The molecule has 0 aromatic heterocycles. The largest absolute Gasteiger partial charge is 0.383 e. The molecule has 0 saturated heterocycles. The highest BCUT2D eigenvalue weighted by molar-refractivity contribution is 5.81. The van der Waals surface area contributed by atoms with Crippen molar-refractivity contribution >= 4 is 5.91 Å². The molecule has 0 fully saturated rings. The molecule has 84 valence electrons. The Morgan fingerprint density at radius 3 is 2.21 bits per heavy atom. The summed E-state index contributed by atoms with van der Waals surface area (Å²) >= 11 is 0. The Morgan fingerprint density at radius 2 is 1.86 bits per heavy atom. The normalized spacial score (nSPS) is 11.5. The number of nitrogens with zero attached hydrogens (tertiary/aromatic N) is 1. The first-order valence-electron chi connectivity index (χ1n) is 5.21. The van der Waals surface area contributed by atoms with E-state index < -0.39 is 0 Å². The number of rotatable bonds is 5. The van der Waals surface area contributed by atoms with E-state index in [-0.39, 0.29) is 11.3 Å². The number of carbonyl (C=O) groups is 1. The summed E-state index contributed by atoms with van der Waals surface area (Å²) in [6.45, 7) is 10.1. The van der Waals surface area contributed by atoms with Crippen molar-refractivity contribution in [2.24, 2.45) is 5.41 Å². The smallest absolute Gasteiger partial charge is 0.228 e. The van der Waals surface area contributed by atoms with E-state index in [0.717, 1.165) is 13.0 Å². The lowest BCUT2D eigenvalue weighted by Crippen LogP contribution is -2.41. The van der Waals surface area contributed by atoms with Gasteiger partial charge in [-0.15, -0.1) is 0 Å². The molecule has 0 aliphatic carbocycles. The predicted octanol–water partition coefficient (Wildman–Crippen LogP) is 1.92. The molecule has 0 rings (SSSR count). The van der Waals surface area contributed by atoms with Gasteiger partial charge in [0.25, 0.3) is 0 Å². The summed E-state index contributed by atoms with van der Waals surface area (Å²) in [6.07, 6.45) is 0.992. The van der Waals surface area contributed by atoms with Crippen LogP contribution < -0.4 is 0 Å². The van der Waals surface area contributed by atoms with Crippen LogP contribution in [0.4, 0.5) is 0 Å². The second-order valence-electron chi connectivity index (χ2n) is 4.54. The SMILES string of the molecule is CCCN(CCOC)C(=O)C(C)(C)C. The number of ether oxygens (including phenoxy) is 1. The summed E-state index contributed by atoms with van der Waals surface area (Å²) in [6, 6.07) is 0. The highest BCUT2D eigenvalue weighted by Crippen LogP contribution is 2.17. The van der Waals surface area contributed by atoms with Crippen LogP contribution in [0.3, 0.4) is 0 Å². The summed E-state index contributed by atoms with van der Waals surface area (Å²) in [5.74, 6) is 0.205. The quantitative estimate of drug-likeness (QED) is 0.680. The zero-order valence-electron chi connectivity index (χ0n) is 10.1. The van der Waals surface area contributed by atoms with Crippen molar-refractivity contribution in [3.8, 4) is 0 Å². The zero-order chi connectivity index (χ0) is 11.2. The molecule has 0 atom stereocenters. The van der Waals surface area contributed by atoms with E-state index in [1.54, 1.807) is 7.11 Å². The van der Waals surface area contributed by atoms with Gasteiger partial charge in [-0.25, -0.2) is 0 Å². The number of methoxy groups -OCH3 is 1. The number of hydrogen-bond acceptors (Lipinski definition) is 2. The molecule has 0 heterocycles. The molecule has 0 N–H and O–H groups in total. The molecule has 0 bridgehead atoms. The van der Waals surface area contributed by atoms with Gasteiger partial charge in [-0.2, -0.15) is 0 Å². The van der Waals surface area contributed by atoms with Crippen LogP contribution in [0, 0.1) is 5.41 Å². The fraction of sp³-hybridized carbons (Fsp3) is 0.909. The molecule has 3 heteroatoms. The molecular weight excluding hydrogens is 178 g/mol. The Balaban J connectivity index is 4.25. The van der Waals surface area contributed by atoms with Crippen LogP contribution in [0.5, 0.6) is 0 Å². The van der Waals surface area contributed by atoms with Gasteiger partial charge in [-0.3, -0.25) is 4.79 Å². The minimum atomic E-state index is -0.289. The Hall–Kier alpha value is -0.570. The molecule has 0 unspecified atom stereocenters. The van der Waals surface area contributed by atoms with E-state index >= 15 is 0 Å². The lowest BCUT2D eigenvalue weighted by molar-refractivity contribution is -0.140. The Morgan fingerprint density at radius 1 is 1.29 bits per heavy atom. The Bertz CT molecular complexity index is 173. The number of amides is 1. The third kappa shape index (κ3) is 4.61. The molecular formula is C11H23NO2. The molecule has 0 aliphatic rings. The van der Waals surface area contributed by atoms with Crippen molar-refractivity contribution < 1.29 is 9.53 Å². The standard InChI is InChI=1S/C11H23NO2/c1-6-7-12(8-9-14-5)10(13)11(2,3)4/h6-9H2,1-5H3. The van der Waals surface area contributed by atoms with Gasteiger partial charge in [0.1, 0.15) is 0 Å². The first kappa shape index (κ1) is 13.4. The Labute approximate surface area is 87.4 Å². The maximum atomic E-state index is 11.9. The second-order valence-corrected chi connectivity index (χ2v) is 4.54. The van der Waals surface area contributed by atoms with E-state index in [1.165, 1.54) is 0 Å². The first-order valence-corrected chi connectivity index (χ1v) is 5.21. The van der Waals surface area contributed by atoms with Crippen LogP contribution in [-0.4, -0.2) is 37.6 Å². The van der Waals surface area contributed by atoms with Gasteiger partial charge in [0.2, 0.25) is 5.91 Å². The van der Waals surface area contributed by atoms with Gasteiger partial charge in [-0.1, -0.05) is 27.7 Å². The van der Waals surface area contributed by atoms with Crippen molar-refractivity contribution in [2.45, 2.75) is 34.1 Å². The molecule has 3 nitrogen and oxygen atoms in total. The molecule has 0 aromatic rings. The van der Waals surface area contributed by atoms with Gasteiger partial charge >= 0.3 is 0 Å². The monoisotopic (exact) mass is 201 g/mol. The molecule has 0 saturated carbocycles. The van der Waals surface area contributed by atoms with Crippen LogP contribution >= 0.6 is 0 Å². The minimum absolute atomic E-state index is 0.205. The maximum absolute atomic E-state index is 11.9. The second kappa shape index (κ2) is 6.02. The van der Waals surface area contributed by atoms with Crippen LogP contribution in [0.1, 0.15) is 34.1 Å². The molecule has 14 heavy (non-hydrogen) atoms. The fourth-order valence-corrected chi connectivity index (χ4v) is 1.26. The summed E-state index contributed by atoms with van der Waals surface area (Å²) in [5.41, 5.74) is -0.289. The Kier molecular flexibility index (Phi) is 5.77. The summed E-state index contributed by atoms with van der Waals surface area (Å²) < 4.78 is 4.99. The average molecular weight is 201 g/mol. The predicted molar refractivity (Wildman–Crippen MR) is 58.2 cm³/mol. The van der Waals surface area contributed by atoms with Crippen LogP contribution in [0.25, 0.3) is 0 Å². The molecule has 0 aromatic carbocycles. The van der Waals surface area contributed by atoms with E-state index in [0.29, 0.717) is 13.2 Å². The van der Waals surface area contributed by atoms with Gasteiger partial charge in [0.15, 0.2) is 0 Å². The van der Waals surface area contributed by atoms with Gasteiger partial charge in [0.05, 0.1) is 6.61 Å². The molecule has 0 radical (unpaired) electrons. The lowest BCUT2D eigenvalue weighted by atomic mass is 9.94. The van der Waals surface area contributed by atoms with Gasteiger partial charge in [0, 0.05) is 25.6 Å². The highest BCUT2D eigenvalue weighted by Gasteiger charge is 2.26. The molecule has 0 spiro atoms. The van der Waals surface area contributed by atoms with Crippen LogP contribution in [-0.2, 0) is 9.53 Å². The van der Waals surface area contributed by atoms with E-state index in [4.69, 9.17) is 4.74 Å². The van der Waals surface area contributed by atoms with Crippen molar-refractivity contribution in [2.75, 3.05) is 26.8 Å². The average Bonchev–Trinajstić information content (AvgIpc) is 2.09. The fourth-order valence-electron chi connectivity index (χ4n) is 1.26. The highest BCUT2D eigenvalue weighted by atomic mass is 16.5. The number of carbonyl (C=O) groups excluding carboxylic acids is 1. The van der Waals surface area contributed by atoms with Crippen molar-refractivity contribution in [1.29, 1.82) is 0 Å². The van der Waals surface area contributed by atoms with Crippen LogP contribution in [0.2, 0.25) is 0 Å². The molecule has 1 amide bonds. The number of hydrogen-bond donors (Lipinski definition) is 0. The van der Waals surface area contributed by atoms with Crippen molar-refractivity contribution in [3.05, 3.63) is 0 Å². The van der Waals surface area contributed by atoms with Gasteiger partial charge < -0.3 is 9.64 Å². The third-order valence-electron chi connectivity index (χ3n) is 1.99. The third-order valence-corrected chi connectivity index (χ3v) is 1.99. The minimum Gasteiger partial charge on any atom is -0.383 e. The lowest BCUT2D eigenvalue weighted by Gasteiger charge is -2.29. The summed E-state index contributed by atoms with van der Waals surface area (Å²) in [5, 5.41) is 0. The summed E-state index contributed by atoms with van der Waals surface area (Å²) in [4.78, 5) is 13.8. The van der Waals surface area contributed by atoms with Gasteiger partial charge in [-0.05, 0) is 6.42 Å². The zero-order valence-corrected chi connectivity index (χ0v) is 10.1. The van der Waals surface area contributed by atoms with Crippen LogP contribution in [0.15, 0.2) is 0 Å². The first-order chi connectivity index (χ1) is 6.43. The van der Waals surface area contributed by atoms with Crippen molar-refractivity contribution in [3.63, 3.8) is 0 Å². The molecule has 0 aliphatic heterocycles. The topological polar surface area (TPSA) is 29.5 Å². The van der Waals surface area contributed by atoms with Crippen molar-refractivity contribution in [1.82, 2.24) is 4.90 Å². The maximum Gasteiger partial charge on any atom is 0.228 e. The van der Waals surface area contributed by atoms with E-state index in [1.807, 2.05) is 25.7 Å². The van der Waals surface area contributed by atoms with E-state index in [9.17, 15) is 4.79 Å².